The van der Waals surface area contributed by atoms with E-state index in [1.807, 2.05) is 24.1 Å². The molecule has 0 bridgehead atoms. The van der Waals surface area contributed by atoms with Crippen LogP contribution in [-0.2, 0) is 4.79 Å². The van der Waals surface area contributed by atoms with E-state index in [0.717, 1.165) is 17.3 Å². The van der Waals surface area contributed by atoms with Crippen molar-refractivity contribution in [2.24, 2.45) is 5.92 Å². The second-order valence-electron chi connectivity index (χ2n) is 5.16. The zero-order valence-corrected chi connectivity index (χ0v) is 12.6. The number of amides is 1. The fourth-order valence-corrected chi connectivity index (χ4v) is 2.88. The Morgan fingerprint density at radius 3 is 2.39 bits per heavy atom. The van der Waals surface area contributed by atoms with E-state index < -0.39 is 0 Å². The van der Waals surface area contributed by atoms with Crippen molar-refractivity contribution in [1.29, 1.82) is 0 Å². The van der Waals surface area contributed by atoms with Gasteiger partial charge in [0.05, 0.1) is 6.04 Å². The molecule has 18 heavy (non-hydrogen) atoms. The summed E-state index contributed by atoms with van der Waals surface area (Å²) in [6.45, 7) is 2.09. The van der Waals surface area contributed by atoms with E-state index in [4.69, 9.17) is 0 Å². The molecule has 0 radical (unpaired) electrons. The molecule has 2 nitrogen and oxygen atoms in total. The summed E-state index contributed by atoms with van der Waals surface area (Å²) < 4.78 is 1.07. The Morgan fingerprint density at radius 1 is 1.28 bits per heavy atom. The summed E-state index contributed by atoms with van der Waals surface area (Å²) in [5, 5.41) is 0. The molecule has 1 saturated carbocycles. The van der Waals surface area contributed by atoms with E-state index in [0.29, 0.717) is 5.91 Å². The van der Waals surface area contributed by atoms with Gasteiger partial charge in [-0.25, -0.2) is 0 Å². The van der Waals surface area contributed by atoms with E-state index in [2.05, 4.69) is 35.0 Å². The first kappa shape index (κ1) is 13.6. The van der Waals surface area contributed by atoms with Crippen molar-refractivity contribution < 1.29 is 4.79 Å². The van der Waals surface area contributed by atoms with E-state index in [1.54, 1.807) is 0 Å². The van der Waals surface area contributed by atoms with Crippen LogP contribution in [0.25, 0.3) is 0 Å². The summed E-state index contributed by atoms with van der Waals surface area (Å²) in [4.78, 5) is 14.2. The van der Waals surface area contributed by atoms with Gasteiger partial charge in [-0.3, -0.25) is 4.79 Å². The lowest BCUT2D eigenvalue weighted by Gasteiger charge is -2.28. The molecule has 1 aromatic rings. The standard InChI is InChI=1S/C15H20BrNO/c1-11(12-7-9-14(16)10-8-12)17(2)15(18)13-5-3-4-6-13/h7-11,13H,3-6H2,1-2H3. The van der Waals surface area contributed by atoms with Crippen LogP contribution in [0.3, 0.4) is 0 Å². The molecule has 98 valence electrons. The molecule has 3 heteroatoms. The second kappa shape index (κ2) is 5.87. The molecule has 0 saturated heterocycles. The third kappa shape index (κ3) is 2.94. The average Bonchev–Trinajstić information content (AvgIpc) is 2.91. The van der Waals surface area contributed by atoms with Crippen molar-refractivity contribution in [3.63, 3.8) is 0 Å². The molecule has 1 unspecified atom stereocenters. The van der Waals surface area contributed by atoms with Crippen LogP contribution in [0.2, 0.25) is 0 Å². The molecule has 0 N–H and O–H groups in total. The van der Waals surface area contributed by atoms with Gasteiger partial charge in [0.15, 0.2) is 0 Å². The van der Waals surface area contributed by atoms with Crippen LogP contribution in [-0.4, -0.2) is 17.9 Å². The highest BCUT2D eigenvalue weighted by molar-refractivity contribution is 9.10. The first-order valence-corrected chi connectivity index (χ1v) is 7.41. The predicted molar refractivity (Wildman–Crippen MR) is 77.3 cm³/mol. The number of carbonyl (C=O) groups is 1. The Labute approximate surface area is 117 Å². The minimum Gasteiger partial charge on any atom is -0.339 e. The third-order valence-electron chi connectivity index (χ3n) is 3.99. The fraction of sp³-hybridized carbons (Fsp3) is 0.533. The van der Waals surface area contributed by atoms with Crippen molar-refractivity contribution in [1.82, 2.24) is 4.90 Å². The normalized spacial score (nSPS) is 17.7. The second-order valence-corrected chi connectivity index (χ2v) is 6.07. The predicted octanol–water partition coefficient (Wildman–Crippen LogP) is 4.16. The Balaban J connectivity index is 2.05. The molecule has 0 heterocycles. The van der Waals surface area contributed by atoms with Crippen molar-refractivity contribution in [2.75, 3.05) is 7.05 Å². The molecule has 0 aromatic heterocycles. The van der Waals surface area contributed by atoms with E-state index in [-0.39, 0.29) is 12.0 Å². The maximum Gasteiger partial charge on any atom is 0.225 e. The Morgan fingerprint density at radius 2 is 1.83 bits per heavy atom. The lowest BCUT2D eigenvalue weighted by molar-refractivity contribution is -0.135. The van der Waals surface area contributed by atoms with Gasteiger partial charge in [-0.05, 0) is 37.5 Å². The molecule has 0 spiro atoms. The van der Waals surface area contributed by atoms with Gasteiger partial charge in [0.25, 0.3) is 0 Å². The molecule has 1 aliphatic carbocycles. The zero-order chi connectivity index (χ0) is 13.1. The van der Waals surface area contributed by atoms with Crippen LogP contribution < -0.4 is 0 Å². The van der Waals surface area contributed by atoms with Crippen LogP contribution in [0, 0.1) is 5.92 Å². The molecular formula is C15H20BrNO. The SMILES string of the molecule is CC(c1ccc(Br)cc1)N(C)C(=O)C1CCCC1. The number of hydrogen-bond donors (Lipinski definition) is 0. The van der Waals surface area contributed by atoms with Crippen molar-refractivity contribution in [3.8, 4) is 0 Å². The maximum absolute atomic E-state index is 12.3. The minimum atomic E-state index is 0.145. The molecule has 1 aliphatic rings. The number of hydrogen-bond acceptors (Lipinski definition) is 1. The van der Waals surface area contributed by atoms with Crippen LogP contribution in [0.1, 0.15) is 44.2 Å². The summed E-state index contributed by atoms with van der Waals surface area (Å²) in [6, 6.07) is 8.35. The maximum atomic E-state index is 12.3. The molecule has 0 aliphatic heterocycles. The molecule has 1 atom stereocenters. The van der Waals surface area contributed by atoms with Gasteiger partial charge >= 0.3 is 0 Å². The largest absolute Gasteiger partial charge is 0.339 e. The first-order chi connectivity index (χ1) is 8.59. The average molecular weight is 310 g/mol. The van der Waals surface area contributed by atoms with Crippen LogP contribution in [0.5, 0.6) is 0 Å². The van der Waals surface area contributed by atoms with E-state index in [9.17, 15) is 4.79 Å². The van der Waals surface area contributed by atoms with Crippen molar-refractivity contribution >= 4 is 21.8 Å². The van der Waals surface area contributed by atoms with E-state index in [1.165, 1.54) is 18.4 Å². The van der Waals surface area contributed by atoms with Gasteiger partial charge in [0, 0.05) is 17.4 Å². The number of carbonyl (C=O) groups excluding carboxylic acids is 1. The highest BCUT2D eigenvalue weighted by Gasteiger charge is 2.27. The summed E-state index contributed by atoms with van der Waals surface area (Å²) in [5.74, 6) is 0.566. The summed E-state index contributed by atoms with van der Waals surface area (Å²) in [7, 11) is 1.92. The number of rotatable bonds is 3. The van der Waals surface area contributed by atoms with Gasteiger partial charge in [-0.15, -0.1) is 0 Å². The van der Waals surface area contributed by atoms with Crippen molar-refractivity contribution in [2.45, 2.75) is 38.6 Å². The quantitative estimate of drug-likeness (QED) is 0.821. The smallest absolute Gasteiger partial charge is 0.225 e. The number of benzene rings is 1. The van der Waals surface area contributed by atoms with Crippen LogP contribution in [0.4, 0.5) is 0 Å². The van der Waals surface area contributed by atoms with Crippen LogP contribution >= 0.6 is 15.9 Å². The highest BCUT2D eigenvalue weighted by Crippen LogP contribution is 2.29. The molecule has 1 fully saturated rings. The third-order valence-corrected chi connectivity index (χ3v) is 4.51. The monoisotopic (exact) mass is 309 g/mol. The number of nitrogens with zero attached hydrogens (tertiary/aromatic N) is 1. The topological polar surface area (TPSA) is 20.3 Å². The van der Waals surface area contributed by atoms with Crippen molar-refractivity contribution in [3.05, 3.63) is 34.3 Å². The number of halogens is 1. The summed E-state index contributed by atoms with van der Waals surface area (Å²) in [5.41, 5.74) is 1.19. The Kier molecular flexibility index (Phi) is 4.44. The zero-order valence-electron chi connectivity index (χ0n) is 11.0. The molecule has 2 rings (SSSR count). The van der Waals surface area contributed by atoms with Gasteiger partial charge in [-0.1, -0.05) is 40.9 Å². The molecule has 1 aromatic carbocycles. The van der Waals surface area contributed by atoms with Gasteiger partial charge in [-0.2, -0.15) is 0 Å². The Hall–Kier alpha value is -0.830. The first-order valence-electron chi connectivity index (χ1n) is 6.61. The van der Waals surface area contributed by atoms with Crippen LogP contribution in [0.15, 0.2) is 28.7 Å². The molecular weight excluding hydrogens is 290 g/mol. The lowest BCUT2D eigenvalue weighted by atomic mass is 10.0. The summed E-state index contributed by atoms with van der Waals surface area (Å²) >= 11 is 3.43. The molecule has 1 amide bonds. The fourth-order valence-electron chi connectivity index (χ4n) is 2.62. The lowest BCUT2D eigenvalue weighted by Crippen LogP contribution is -2.34. The van der Waals surface area contributed by atoms with E-state index >= 15 is 0 Å². The highest BCUT2D eigenvalue weighted by atomic mass is 79.9. The Bertz CT molecular complexity index is 409. The van der Waals surface area contributed by atoms with Gasteiger partial charge in [0.2, 0.25) is 5.91 Å². The summed E-state index contributed by atoms with van der Waals surface area (Å²) in [6.07, 6.45) is 4.54. The van der Waals surface area contributed by atoms with Gasteiger partial charge in [0.1, 0.15) is 0 Å². The van der Waals surface area contributed by atoms with Gasteiger partial charge < -0.3 is 4.90 Å². The minimum absolute atomic E-state index is 0.145.